The molecule has 0 aliphatic heterocycles. The van der Waals surface area contributed by atoms with Gasteiger partial charge in [0.15, 0.2) is 0 Å². The predicted molar refractivity (Wildman–Crippen MR) is 41.1 cm³/mol. The molecule has 0 aromatic rings. The van der Waals surface area contributed by atoms with Gasteiger partial charge in [-0.3, -0.25) is 0 Å². The van der Waals surface area contributed by atoms with Crippen LogP contribution in [0.2, 0.25) is 0 Å². The quantitative estimate of drug-likeness (QED) is 0.441. The van der Waals surface area contributed by atoms with Gasteiger partial charge in [0.05, 0.1) is 0 Å². The van der Waals surface area contributed by atoms with Gasteiger partial charge in [0, 0.05) is 5.38 Å². The molecule has 0 aliphatic carbocycles. The van der Waals surface area contributed by atoms with E-state index < -0.39 is 0 Å². The summed E-state index contributed by atoms with van der Waals surface area (Å²) in [5.41, 5.74) is 0. The van der Waals surface area contributed by atoms with E-state index >= 15 is 0 Å². The van der Waals surface area contributed by atoms with Gasteiger partial charge in [-0.1, -0.05) is 0 Å². The third-order valence-corrected chi connectivity index (χ3v) is 1.39. The SMILES string of the molecule is N=CCCC(Cl)CC=N. The number of alkyl halides is 1. The molecule has 0 radical (unpaired) electrons. The molecule has 0 rings (SSSR count). The molecule has 1 unspecified atom stereocenters. The van der Waals surface area contributed by atoms with E-state index in [2.05, 4.69) is 0 Å². The van der Waals surface area contributed by atoms with E-state index in [-0.39, 0.29) is 5.38 Å². The van der Waals surface area contributed by atoms with Crippen LogP contribution < -0.4 is 0 Å². The van der Waals surface area contributed by atoms with Gasteiger partial charge in [0.2, 0.25) is 0 Å². The van der Waals surface area contributed by atoms with Crippen molar-refractivity contribution < 1.29 is 0 Å². The van der Waals surface area contributed by atoms with Crippen LogP contribution in [0.25, 0.3) is 0 Å². The summed E-state index contributed by atoms with van der Waals surface area (Å²) in [4.78, 5) is 0. The number of halogens is 1. The summed E-state index contributed by atoms with van der Waals surface area (Å²) in [6.45, 7) is 0. The highest BCUT2D eigenvalue weighted by Gasteiger charge is 1.98. The maximum Gasteiger partial charge on any atom is 0.0388 e. The van der Waals surface area contributed by atoms with Gasteiger partial charge < -0.3 is 10.8 Å². The summed E-state index contributed by atoms with van der Waals surface area (Å²) < 4.78 is 0. The summed E-state index contributed by atoms with van der Waals surface area (Å²) in [5.74, 6) is 0. The minimum Gasteiger partial charge on any atom is -0.313 e. The fourth-order valence-electron chi connectivity index (χ4n) is 0.510. The molecule has 2 nitrogen and oxygen atoms in total. The van der Waals surface area contributed by atoms with Gasteiger partial charge in [-0.05, 0) is 31.7 Å². The fraction of sp³-hybridized carbons (Fsp3) is 0.667. The lowest BCUT2D eigenvalue weighted by molar-refractivity contribution is 0.813. The molecule has 3 heteroatoms. The Bertz CT molecular complexity index is 93.1. The Hall–Kier alpha value is -0.370. The van der Waals surface area contributed by atoms with Crippen LogP contribution in [0.3, 0.4) is 0 Å². The minimum atomic E-state index is 0.0455. The van der Waals surface area contributed by atoms with Crippen molar-refractivity contribution in [3.05, 3.63) is 0 Å². The zero-order valence-corrected chi connectivity index (χ0v) is 5.99. The summed E-state index contributed by atoms with van der Waals surface area (Å²) >= 11 is 5.71. The van der Waals surface area contributed by atoms with Crippen LogP contribution in [0.15, 0.2) is 0 Å². The summed E-state index contributed by atoms with van der Waals surface area (Å²) in [6, 6.07) is 0. The first-order valence-corrected chi connectivity index (χ1v) is 3.36. The third-order valence-electron chi connectivity index (χ3n) is 0.998. The van der Waals surface area contributed by atoms with Crippen LogP contribution in [0.4, 0.5) is 0 Å². The fourth-order valence-corrected chi connectivity index (χ4v) is 0.725. The van der Waals surface area contributed by atoms with Gasteiger partial charge in [0.1, 0.15) is 0 Å². The lowest BCUT2D eigenvalue weighted by Crippen LogP contribution is -1.98. The smallest absolute Gasteiger partial charge is 0.0388 e. The average molecular weight is 147 g/mol. The molecule has 1 atom stereocenters. The second kappa shape index (κ2) is 5.76. The van der Waals surface area contributed by atoms with Crippen LogP contribution in [0, 0.1) is 10.8 Å². The standard InChI is InChI=1S/C6H11ClN2/c7-6(3-5-9)2-1-4-8/h4-6,8-9H,1-3H2. The maximum absolute atomic E-state index is 6.70. The highest BCUT2D eigenvalue weighted by Crippen LogP contribution is 2.06. The van der Waals surface area contributed by atoms with Crippen molar-refractivity contribution in [3.8, 4) is 0 Å². The molecule has 0 aliphatic rings. The summed E-state index contributed by atoms with van der Waals surface area (Å²) in [6.07, 6.45) is 4.80. The van der Waals surface area contributed by atoms with Gasteiger partial charge in [0.25, 0.3) is 0 Å². The van der Waals surface area contributed by atoms with Gasteiger partial charge in [-0.15, -0.1) is 11.6 Å². The zero-order chi connectivity index (χ0) is 7.11. The Balaban J connectivity index is 3.14. The highest BCUT2D eigenvalue weighted by molar-refractivity contribution is 6.21. The molecule has 0 saturated heterocycles. The van der Waals surface area contributed by atoms with Gasteiger partial charge >= 0.3 is 0 Å². The third kappa shape index (κ3) is 5.50. The number of hydrogen-bond donors (Lipinski definition) is 2. The Labute approximate surface area is 60.2 Å². The largest absolute Gasteiger partial charge is 0.313 e. The molecule has 0 heterocycles. The van der Waals surface area contributed by atoms with Crippen molar-refractivity contribution in [2.24, 2.45) is 0 Å². The Morgan fingerprint density at radius 2 is 2.00 bits per heavy atom. The van der Waals surface area contributed by atoms with Crippen molar-refractivity contribution >= 4 is 24.0 Å². The Morgan fingerprint density at radius 1 is 1.33 bits per heavy atom. The zero-order valence-electron chi connectivity index (χ0n) is 5.23. The second-order valence-electron chi connectivity index (χ2n) is 1.82. The number of rotatable bonds is 5. The molecule has 52 valence electrons. The summed E-state index contributed by atoms with van der Waals surface area (Å²) in [5, 5.41) is 13.4. The van der Waals surface area contributed by atoms with E-state index in [1.807, 2.05) is 0 Å². The first-order chi connectivity index (χ1) is 4.31. The van der Waals surface area contributed by atoms with E-state index in [9.17, 15) is 0 Å². The van der Waals surface area contributed by atoms with Crippen LogP contribution in [0.5, 0.6) is 0 Å². The van der Waals surface area contributed by atoms with Crippen molar-refractivity contribution in [1.82, 2.24) is 0 Å². The van der Waals surface area contributed by atoms with Crippen LogP contribution >= 0.6 is 11.6 Å². The van der Waals surface area contributed by atoms with E-state index in [4.69, 9.17) is 22.4 Å². The van der Waals surface area contributed by atoms with E-state index in [1.54, 1.807) is 0 Å². The molecule has 0 aromatic heterocycles. The molecule has 0 bridgehead atoms. The van der Waals surface area contributed by atoms with Crippen molar-refractivity contribution in [3.63, 3.8) is 0 Å². The van der Waals surface area contributed by atoms with Crippen LogP contribution in [0.1, 0.15) is 19.3 Å². The predicted octanol–water partition coefficient (Wildman–Crippen LogP) is 2.06. The minimum absolute atomic E-state index is 0.0455. The van der Waals surface area contributed by atoms with Crippen molar-refractivity contribution in [1.29, 1.82) is 10.8 Å². The Morgan fingerprint density at radius 3 is 2.44 bits per heavy atom. The molecule has 9 heavy (non-hydrogen) atoms. The first-order valence-electron chi connectivity index (χ1n) is 2.93. The van der Waals surface area contributed by atoms with E-state index in [1.165, 1.54) is 12.4 Å². The topological polar surface area (TPSA) is 47.7 Å². The van der Waals surface area contributed by atoms with Gasteiger partial charge in [-0.2, -0.15) is 0 Å². The first kappa shape index (κ1) is 8.63. The van der Waals surface area contributed by atoms with E-state index in [0.717, 1.165) is 12.8 Å². The maximum atomic E-state index is 6.70. The normalized spacial score (nSPS) is 12.6. The van der Waals surface area contributed by atoms with Crippen molar-refractivity contribution in [2.45, 2.75) is 24.6 Å². The summed E-state index contributed by atoms with van der Waals surface area (Å²) in [7, 11) is 0. The van der Waals surface area contributed by atoms with E-state index in [0.29, 0.717) is 6.42 Å². The van der Waals surface area contributed by atoms with Crippen LogP contribution in [-0.2, 0) is 0 Å². The van der Waals surface area contributed by atoms with Crippen molar-refractivity contribution in [2.75, 3.05) is 0 Å². The lowest BCUT2D eigenvalue weighted by atomic mass is 10.2. The molecule has 0 spiro atoms. The molecule has 0 saturated carbocycles. The molecular weight excluding hydrogens is 136 g/mol. The van der Waals surface area contributed by atoms with Crippen LogP contribution in [-0.4, -0.2) is 17.8 Å². The lowest BCUT2D eigenvalue weighted by Gasteiger charge is -2.00. The second-order valence-corrected chi connectivity index (χ2v) is 2.44. The molecule has 0 amide bonds. The Kier molecular flexibility index (Phi) is 5.52. The highest BCUT2D eigenvalue weighted by atomic mass is 35.5. The molecule has 2 N–H and O–H groups in total. The molecule has 0 aromatic carbocycles. The van der Waals surface area contributed by atoms with Gasteiger partial charge in [-0.25, -0.2) is 0 Å². The average Bonchev–Trinajstić information content (AvgIpc) is 1.85. The molecule has 0 fully saturated rings. The number of nitrogens with one attached hydrogen (secondary N) is 2. The monoisotopic (exact) mass is 146 g/mol. The molecular formula is C6H11ClN2. The number of hydrogen-bond acceptors (Lipinski definition) is 2.